The van der Waals surface area contributed by atoms with Gasteiger partial charge in [0.1, 0.15) is 5.82 Å². The van der Waals surface area contributed by atoms with Crippen LogP contribution < -0.4 is 0 Å². The molecule has 0 unspecified atom stereocenters. The van der Waals surface area contributed by atoms with Crippen molar-refractivity contribution >= 4 is 11.8 Å². The molecule has 16 heavy (non-hydrogen) atoms. The SMILES string of the molecule is Cc1cc(C(=O)C(C)C)c(C(=O)O)cc1F. The van der Waals surface area contributed by atoms with Gasteiger partial charge in [0.05, 0.1) is 5.56 Å². The highest BCUT2D eigenvalue weighted by Crippen LogP contribution is 2.19. The van der Waals surface area contributed by atoms with Crippen molar-refractivity contribution < 1.29 is 19.1 Å². The number of rotatable bonds is 3. The summed E-state index contributed by atoms with van der Waals surface area (Å²) >= 11 is 0. The third-order valence-electron chi connectivity index (χ3n) is 2.32. The normalized spacial score (nSPS) is 10.6. The number of aromatic carboxylic acids is 1. The van der Waals surface area contributed by atoms with Gasteiger partial charge in [0.15, 0.2) is 5.78 Å². The molecule has 86 valence electrons. The van der Waals surface area contributed by atoms with Gasteiger partial charge in [0.2, 0.25) is 0 Å². The number of benzene rings is 1. The molecule has 3 nitrogen and oxygen atoms in total. The number of Topliss-reactive ketones (excluding diaryl/α,β-unsaturated/α-hetero) is 1. The van der Waals surface area contributed by atoms with Crippen LogP contribution in [-0.4, -0.2) is 16.9 Å². The molecule has 0 spiro atoms. The first kappa shape index (κ1) is 12.4. The van der Waals surface area contributed by atoms with Gasteiger partial charge < -0.3 is 5.11 Å². The Labute approximate surface area is 92.9 Å². The maximum absolute atomic E-state index is 13.2. The van der Waals surface area contributed by atoms with Crippen LogP contribution in [0.2, 0.25) is 0 Å². The third-order valence-corrected chi connectivity index (χ3v) is 2.32. The van der Waals surface area contributed by atoms with E-state index in [2.05, 4.69) is 0 Å². The zero-order valence-electron chi connectivity index (χ0n) is 9.37. The first-order valence-corrected chi connectivity index (χ1v) is 4.92. The van der Waals surface area contributed by atoms with Crippen molar-refractivity contribution in [2.75, 3.05) is 0 Å². The molecule has 0 atom stereocenters. The summed E-state index contributed by atoms with van der Waals surface area (Å²) < 4.78 is 13.2. The summed E-state index contributed by atoms with van der Waals surface area (Å²) in [6.07, 6.45) is 0. The Morgan fingerprint density at radius 3 is 2.25 bits per heavy atom. The Morgan fingerprint density at radius 2 is 1.81 bits per heavy atom. The average molecular weight is 224 g/mol. The second kappa shape index (κ2) is 4.43. The maximum Gasteiger partial charge on any atom is 0.336 e. The molecular weight excluding hydrogens is 211 g/mol. The van der Waals surface area contributed by atoms with E-state index in [1.807, 2.05) is 0 Å². The molecule has 1 aromatic carbocycles. The Kier molecular flexibility index (Phi) is 3.42. The third kappa shape index (κ3) is 2.27. The summed E-state index contributed by atoms with van der Waals surface area (Å²) in [5.41, 5.74) is 0.0669. The van der Waals surface area contributed by atoms with Crippen molar-refractivity contribution in [2.24, 2.45) is 5.92 Å². The molecule has 0 heterocycles. The maximum atomic E-state index is 13.2. The highest BCUT2D eigenvalue weighted by Gasteiger charge is 2.20. The van der Waals surface area contributed by atoms with E-state index in [1.165, 1.54) is 13.0 Å². The van der Waals surface area contributed by atoms with Gasteiger partial charge in [-0.2, -0.15) is 0 Å². The Balaban J connectivity index is 3.42. The van der Waals surface area contributed by atoms with E-state index in [0.29, 0.717) is 0 Å². The fraction of sp³-hybridized carbons (Fsp3) is 0.333. The van der Waals surface area contributed by atoms with Crippen LogP contribution >= 0.6 is 0 Å². The molecule has 0 saturated heterocycles. The molecule has 0 bridgehead atoms. The van der Waals surface area contributed by atoms with Gasteiger partial charge in [-0.05, 0) is 24.6 Å². The number of hydrogen-bond acceptors (Lipinski definition) is 2. The number of hydrogen-bond donors (Lipinski definition) is 1. The van der Waals surface area contributed by atoms with Crippen LogP contribution in [0.3, 0.4) is 0 Å². The van der Waals surface area contributed by atoms with E-state index >= 15 is 0 Å². The number of carbonyl (C=O) groups is 2. The molecular formula is C12H13FO3. The molecule has 0 aliphatic rings. The standard InChI is InChI=1S/C12H13FO3/c1-6(2)11(14)8-4-7(3)10(13)5-9(8)12(15)16/h4-6H,1-3H3,(H,15,16). The fourth-order valence-corrected chi connectivity index (χ4v) is 1.37. The Hall–Kier alpha value is -1.71. The molecule has 0 aromatic heterocycles. The van der Waals surface area contributed by atoms with E-state index in [-0.39, 0.29) is 28.4 Å². The predicted octanol–water partition coefficient (Wildman–Crippen LogP) is 2.67. The van der Waals surface area contributed by atoms with Gasteiger partial charge in [-0.25, -0.2) is 9.18 Å². The minimum atomic E-state index is -1.29. The van der Waals surface area contributed by atoms with Gasteiger partial charge in [-0.1, -0.05) is 13.8 Å². The van der Waals surface area contributed by atoms with Gasteiger partial charge >= 0.3 is 5.97 Å². The lowest BCUT2D eigenvalue weighted by Gasteiger charge is -2.09. The highest BCUT2D eigenvalue weighted by atomic mass is 19.1. The van der Waals surface area contributed by atoms with Crippen LogP contribution in [0.15, 0.2) is 12.1 Å². The molecule has 0 saturated carbocycles. The van der Waals surface area contributed by atoms with Crippen LogP contribution in [0.1, 0.15) is 40.1 Å². The van der Waals surface area contributed by atoms with E-state index in [9.17, 15) is 14.0 Å². The van der Waals surface area contributed by atoms with Gasteiger partial charge in [0, 0.05) is 11.5 Å². The molecule has 1 rings (SSSR count). The molecule has 0 aliphatic heterocycles. The molecule has 1 N–H and O–H groups in total. The summed E-state index contributed by atoms with van der Waals surface area (Å²) in [7, 11) is 0. The van der Waals surface area contributed by atoms with Crippen molar-refractivity contribution in [2.45, 2.75) is 20.8 Å². The van der Waals surface area contributed by atoms with Gasteiger partial charge in [-0.3, -0.25) is 4.79 Å². The van der Waals surface area contributed by atoms with E-state index in [0.717, 1.165) is 6.07 Å². The average Bonchev–Trinajstić information content (AvgIpc) is 2.19. The van der Waals surface area contributed by atoms with Gasteiger partial charge in [-0.15, -0.1) is 0 Å². The van der Waals surface area contributed by atoms with Crippen LogP contribution in [0.25, 0.3) is 0 Å². The van der Waals surface area contributed by atoms with Crippen LogP contribution in [-0.2, 0) is 0 Å². The summed E-state index contributed by atoms with van der Waals surface area (Å²) in [5.74, 6) is -2.51. The summed E-state index contributed by atoms with van der Waals surface area (Å²) in [5, 5.41) is 8.89. The van der Waals surface area contributed by atoms with Crippen LogP contribution in [0.5, 0.6) is 0 Å². The minimum Gasteiger partial charge on any atom is -0.478 e. The first-order chi connectivity index (χ1) is 7.34. The topological polar surface area (TPSA) is 54.4 Å². The van der Waals surface area contributed by atoms with Crippen molar-refractivity contribution in [3.8, 4) is 0 Å². The Bertz CT molecular complexity index is 450. The number of aryl methyl sites for hydroxylation is 1. The van der Waals surface area contributed by atoms with Crippen molar-refractivity contribution in [3.63, 3.8) is 0 Å². The molecule has 0 fully saturated rings. The number of ketones is 1. The molecule has 0 amide bonds. The quantitative estimate of drug-likeness (QED) is 0.803. The number of halogens is 1. The van der Waals surface area contributed by atoms with Crippen molar-refractivity contribution in [1.29, 1.82) is 0 Å². The largest absolute Gasteiger partial charge is 0.478 e. The summed E-state index contributed by atoms with van der Waals surface area (Å²) in [6, 6.07) is 2.19. The first-order valence-electron chi connectivity index (χ1n) is 4.92. The highest BCUT2D eigenvalue weighted by molar-refractivity contribution is 6.06. The number of carboxylic acid groups (broad SMARTS) is 1. The second-order valence-corrected chi connectivity index (χ2v) is 3.97. The second-order valence-electron chi connectivity index (χ2n) is 3.97. The molecule has 0 radical (unpaired) electrons. The van der Waals surface area contributed by atoms with Crippen LogP contribution in [0.4, 0.5) is 4.39 Å². The molecule has 0 aliphatic carbocycles. The van der Waals surface area contributed by atoms with E-state index in [1.54, 1.807) is 13.8 Å². The zero-order chi connectivity index (χ0) is 12.5. The summed E-state index contributed by atoms with van der Waals surface area (Å²) in [6.45, 7) is 4.84. The smallest absolute Gasteiger partial charge is 0.336 e. The molecule has 4 heteroatoms. The fourth-order valence-electron chi connectivity index (χ4n) is 1.37. The van der Waals surface area contributed by atoms with E-state index < -0.39 is 11.8 Å². The predicted molar refractivity (Wildman–Crippen MR) is 57.3 cm³/mol. The minimum absolute atomic E-state index is 0.0707. The number of carboxylic acids is 1. The monoisotopic (exact) mass is 224 g/mol. The number of carbonyl (C=O) groups excluding carboxylic acids is 1. The zero-order valence-corrected chi connectivity index (χ0v) is 9.37. The van der Waals surface area contributed by atoms with Crippen molar-refractivity contribution in [1.82, 2.24) is 0 Å². The lowest BCUT2D eigenvalue weighted by Crippen LogP contribution is -2.14. The van der Waals surface area contributed by atoms with Crippen molar-refractivity contribution in [3.05, 3.63) is 34.6 Å². The lowest BCUT2D eigenvalue weighted by atomic mass is 9.94. The Morgan fingerprint density at radius 1 is 1.25 bits per heavy atom. The molecule has 1 aromatic rings. The van der Waals surface area contributed by atoms with E-state index in [4.69, 9.17) is 5.11 Å². The van der Waals surface area contributed by atoms with Crippen LogP contribution in [0, 0.1) is 18.7 Å². The van der Waals surface area contributed by atoms with Gasteiger partial charge in [0.25, 0.3) is 0 Å². The summed E-state index contributed by atoms with van der Waals surface area (Å²) in [4.78, 5) is 22.6. The lowest BCUT2D eigenvalue weighted by molar-refractivity contribution is 0.0690.